The Hall–Kier alpha value is -0.260. The van der Waals surface area contributed by atoms with Crippen molar-refractivity contribution >= 4 is 0 Å². The summed E-state index contributed by atoms with van der Waals surface area (Å²) in [4.78, 5) is 0. The monoisotopic (exact) mass is 180 g/mol. The molecule has 0 nitrogen and oxygen atoms in total. The van der Waals surface area contributed by atoms with Crippen molar-refractivity contribution in [3.63, 3.8) is 0 Å². The van der Waals surface area contributed by atoms with Crippen LogP contribution in [0.2, 0.25) is 0 Å². The van der Waals surface area contributed by atoms with Crippen LogP contribution in [0.5, 0.6) is 0 Å². The predicted molar refractivity (Wildman–Crippen MR) is 59.7 cm³/mol. The van der Waals surface area contributed by atoms with Crippen LogP contribution in [0.4, 0.5) is 0 Å². The van der Waals surface area contributed by atoms with E-state index in [0.29, 0.717) is 10.8 Å². The van der Waals surface area contributed by atoms with Crippen LogP contribution in [0.25, 0.3) is 0 Å². The Balaban J connectivity index is 2.92. The third-order valence-corrected chi connectivity index (χ3v) is 3.17. The van der Waals surface area contributed by atoms with Gasteiger partial charge in [0.15, 0.2) is 0 Å². The summed E-state index contributed by atoms with van der Waals surface area (Å²) in [7, 11) is 0. The van der Waals surface area contributed by atoms with Gasteiger partial charge >= 0.3 is 0 Å². The molecule has 0 spiro atoms. The van der Waals surface area contributed by atoms with Gasteiger partial charge in [0.1, 0.15) is 0 Å². The van der Waals surface area contributed by atoms with Gasteiger partial charge in [-0.1, -0.05) is 52.7 Å². The first-order valence-corrected chi connectivity index (χ1v) is 5.34. The molecule has 0 heteroatoms. The molecule has 0 aliphatic heterocycles. The normalized spacial score (nSPS) is 24.7. The molecule has 0 saturated carbocycles. The minimum atomic E-state index is 0.375. The van der Waals surface area contributed by atoms with Gasteiger partial charge in [-0.3, -0.25) is 0 Å². The molecule has 0 radical (unpaired) electrons. The van der Waals surface area contributed by atoms with Crippen molar-refractivity contribution in [2.75, 3.05) is 0 Å². The molecule has 1 rings (SSSR count). The summed E-state index contributed by atoms with van der Waals surface area (Å²) in [6, 6.07) is 0. The Morgan fingerprint density at radius 1 is 1.00 bits per heavy atom. The fourth-order valence-corrected chi connectivity index (χ4v) is 2.59. The molecular weight excluding hydrogens is 156 g/mol. The average Bonchev–Trinajstić information content (AvgIpc) is 1.75. The molecule has 0 bridgehead atoms. The summed E-state index contributed by atoms with van der Waals surface area (Å²) in [5, 5.41) is 0. The fraction of sp³-hybridized carbons (Fsp3) is 0.846. The molecule has 76 valence electrons. The molecule has 0 amide bonds. The second-order valence-corrected chi connectivity index (χ2v) is 6.57. The molecule has 1 atom stereocenters. The maximum Gasteiger partial charge on any atom is -0.0109 e. The van der Waals surface area contributed by atoms with E-state index >= 15 is 0 Å². The van der Waals surface area contributed by atoms with Crippen molar-refractivity contribution in [3.05, 3.63) is 11.1 Å². The van der Waals surface area contributed by atoms with Gasteiger partial charge in [0.25, 0.3) is 0 Å². The third kappa shape index (κ3) is 1.98. The van der Waals surface area contributed by atoms with E-state index in [-0.39, 0.29) is 0 Å². The molecular formula is C13H24. The number of hydrogen-bond donors (Lipinski definition) is 0. The van der Waals surface area contributed by atoms with Crippen molar-refractivity contribution in [2.24, 2.45) is 16.7 Å². The minimum Gasteiger partial charge on any atom is -0.0727 e. The Kier molecular flexibility index (Phi) is 2.38. The molecule has 0 aromatic heterocycles. The van der Waals surface area contributed by atoms with Gasteiger partial charge in [0, 0.05) is 0 Å². The van der Waals surface area contributed by atoms with E-state index in [1.807, 2.05) is 0 Å². The van der Waals surface area contributed by atoms with Crippen LogP contribution in [0, 0.1) is 16.7 Å². The molecule has 0 heterocycles. The van der Waals surface area contributed by atoms with E-state index in [0.717, 1.165) is 5.92 Å². The van der Waals surface area contributed by atoms with Crippen molar-refractivity contribution in [1.82, 2.24) is 0 Å². The zero-order valence-corrected chi connectivity index (χ0v) is 10.3. The van der Waals surface area contributed by atoms with Crippen molar-refractivity contribution < 1.29 is 0 Å². The Bertz CT molecular complexity index is 230. The zero-order chi connectivity index (χ0) is 10.4. The van der Waals surface area contributed by atoms with E-state index < -0.39 is 0 Å². The van der Waals surface area contributed by atoms with E-state index in [9.17, 15) is 0 Å². The van der Waals surface area contributed by atoms with E-state index in [1.165, 1.54) is 6.42 Å². The summed E-state index contributed by atoms with van der Waals surface area (Å²) in [6.07, 6.45) is 1.32. The van der Waals surface area contributed by atoms with Crippen molar-refractivity contribution in [3.8, 4) is 0 Å². The van der Waals surface area contributed by atoms with Crippen LogP contribution in [-0.2, 0) is 0 Å². The molecule has 0 saturated heterocycles. The first kappa shape index (κ1) is 10.8. The standard InChI is InChI=1S/C13H24/c1-9-8-10(12(2,3)4)11(9)13(5,6)7/h10H,8H2,1-7H3. The van der Waals surface area contributed by atoms with Crippen molar-refractivity contribution in [1.29, 1.82) is 0 Å². The van der Waals surface area contributed by atoms with E-state index in [1.54, 1.807) is 11.1 Å². The summed E-state index contributed by atoms with van der Waals surface area (Å²) in [5.74, 6) is 0.812. The van der Waals surface area contributed by atoms with Crippen LogP contribution in [-0.4, -0.2) is 0 Å². The lowest BCUT2D eigenvalue weighted by Gasteiger charge is -2.47. The minimum absolute atomic E-state index is 0.375. The maximum atomic E-state index is 2.36. The van der Waals surface area contributed by atoms with E-state index in [4.69, 9.17) is 0 Å². The Morgan fingerprint density at radius 3 is 1.62 bits per heavy atom. The third-order valence-electron chi connectivity index (χ3n) is 3.17. The lowest BCUT2D eigenvalue weighted by molar-refractivity contribution is 0.207. The molecule has 1 unspecified atom stereocenters. The highest BCUT2D eigenvalue weighted by molar-refractivity contribution is 5.33. The highest BCUT2D eigenvalue weighted by atomic mass is 14.5. The molecule has 0 aromatic rings. The predicted octanol–water partition coefficient (Wildman–Crippen LogP) is 4.42. The quantitative estimate of drug-likeness (QED) is 0.484. The van der Waals surface area contributed by atoms with Crippen LogP contribution >= 0.6 is 0 Å². The maximum absolute atomic E-state index is 2.36. The van der Waals surface area contributed by atoms with Gasteiger partial charge in [0.2, 0.25) is 0 Å². The summed E-state index contributed by atoms with van der Waals surface area (Å²) < 4.78 is 0. The van der Waals surface area contributed by atoms with Gasteiger partial charge in [-0.15, -0.1) is 0 Å². The largest absolute Gasteiger partial charge is 0.0727 e. The Labute approximate surface area is 83.4 Å². The van der Waals surface area contributed by atoms with Gasteiger partial charge in [-0.25, -0.2) is 0 Å². The highest BCUT2D eigenvalue weighted by Crippen LogP contribution is 2.52. The van der Waals surface area contributed by atoms with Crippen LogP contribution < -0.4 is 0 Å². The second kappa shape index (κ2) is 2.87. The number of rotatable bonds is 0. The topological polar surface area (TPSA) is 0 Å². The van der Waals surface area contributed by atoms with Crippen LogP contribution in [0.15, 0.2) is 11.1 Å². The lowest BCUT2D eigenvalue weighted by atomic mass is 9.58. The van der Waals surface area contributed by atoms with Gasteiger partial charge < -0.3 is 0 Å². The fourth-order valence-electron chi connectivity index (χ4n) is 2.59. The Morgan fingerprint density at radius 2 is 1.46 bits per heavy atom. The molecule has 1 aliphatic rings. The summed E-state index contributed by atoms with van der Waals surface area (Å²) in [5.41, 5.74) is 4.16. The molecule has 0 aromatic carbocycles. The van der Waals surface area contributed by atoms with Crippen molar-refractivity contribution in [2.45, 2.75) is 54.9 Å². The second-order valence-electron chi connectivity index (χ2n) is 6.57. The first-order chi connectivity index (χ1) is 5.64. The highest BCUT2D eigenvalue weighted by Gasteiger charge is 2.40. The summed E-state index contributed by atoms with van der Waals surface area (Å²) in [6.45, 7) is 16.4. The van der Waals surface area contributed by atoms with Crippen LogP contribution in [0.3, 0.4) is 0 Å². The van der Waals surface area contributed by atoms with Gasteiger partial charge in [-0.2, -0.15) is 0 Å². The molecule has 13 heavy (non-hydrogen) atoms. The average molecular weight is 180 g/mol. The van der Waals surface area contributed by atoms with Gasteiger partial charge in [0.05, 0.1) is 0 Å². The number of hydrogen-bond acceptors (Lipinski definition) is 0. The molecule has 1 aliphatic carbocycles. The van der Waals surface area contributed by atoms with Crippen LogP contribution in [0.1, 0.15) is 54.9 Å². The smallest absolute Gasteiger partial charge is 0.0109 e. The van der Waals surface area contributed by atoms with E-state index in [2.05, 4.69) is 48.5 Å². The summed E-state index contributed by atoms with van der Waals surface area (Å²) >= 11 is 0. The zero-order valence-electron chi connectivity index (χ0n) is 10.3. The first-order valence-electron chi connectivity index (χ1n) is 5.34. The lowest BCUT2D eigenvalue weighted by Crippen LogP contribution is -2.36. The molecule has 0 N–H and O–H groups in total. The van der Waals surface area contributed by atoms with Gasteiger partial charge in [-0.05, 0) is 30.1 Å². The molecule has 0 fully saturated rings. The number of allylic oxidation sites excluding steroid dienone is 2. The SMILES string of the molecule is CC1=C(C(C)(C)C)C(C(C)(C)C)C1.